The average Bonchev–Trinajstić information content (AvgIpc) is 2.46. The Morgan fingerprint density at radius 1 is 1.32 bits per heavy atom. The Morgan fingerprint density at radius 2 is 2.05 bits per heavy atom. The Hall–Kier alpha value is -0.860. The van der Waals surface area contributed by atoms with Gasteiger partial charge < -0.3 is 10.2 Å². The summed E-state index contributed by atoms with van der Waals surface area (Å²) < 4.78 is 0. The molecular weight excluding hydrogens is 232 g/mol. The highest BCUT2D eigenvalue weighted by atomic mass is 15.2. The van der Waals surface area contributed by atoms with Crippen molar-refractivity contribution in [1.82, 2.24) is 10.2 Å². The Balaban J connectivity index is 1.79. The summed E-state index contributed by atoms with van der Waals surface area (Å²) in [6.45, 7) is 7.19. The van der Waals surface area contributed by atoms with Crippen LogP contribution < -0.4 is 5.32 Å². The summed E-state index contributed by atoms with van der Waals surface area (Å²) in [5.41, 5.74) is 1.47. The molecule has 1 aromatic rings. The van der Waals surface area contributed by atoms with Gasteiger partial charge in [-0.15, -0.1) is 0 Å². The molecule has 1 saturated heterocycles. The summed E-state index contributed by atoms with van der Waals surface area (Å²) >= 11 is 0. The molecule has 1 aliphatic rings. The van der Waals surface area contributed by atoms with E-state index in [9.17, 15) is 0 Å². The van der Waals surface area contributed by atoms with Crippen LogP contribution in [0, 0.1) is 0 Å². The van der Waals surface area contributed by atoms with Crippen molar-refractivity contribution >= 4 is 0 Å². The summed E-state index contributed by atoms with van der Waals surface area (Å²) in [6, 6.07) is 12.3. The monoisotopic (exact) mass is 260 g/mol. The number of likely N-dealkylation sites (tertiary alicyclic amines) is 1. The molecule has 0 aliphatic carbocycles. The zero-order valence-electron chi connectivity index (χ0n) is 12.6. The summed E-state index contributed by atoms with van der Waals surface area (Å²) in [4.78, 5) is 2.66. The molecule has 1 fully saturated rings. The van der Waals surface area contributed by atoms with Crippen LogP contribution in [0.5, 0.6) is 0 Å². The Bertz CT molecular complexity index is 363. The molecule has 1 heterocycles. The van der Waals surface area contributed by atoms with Crippen molar-refractivity contribution in [2.24, 2.45) is 0 Å². The van der Waals surface area contributed by atoms with Crippen molar-refractivity contribution in [3.63, 3.8) is 0 Å². The molecule has 0 saturated carbocycles. The van der Waals surface area contributed by atoms with Crippen molar-refractivity contribution in [2.75, 3.05) is 20.1 Å². The molecule has 0 spiro atoms. The lowest BCUT2D eigenvalue weighted by molar-refractivity contribution is 0.135. The number of nitrogens with zero attached hydrogens (tertiary/aromatic N) is 1. The van der Waals surface area contributed by atoms with E-state index < -0.39 is 0 Å². The molecule has 1 aromatic carbocycles. The second-order valence-electron chi connectivity index (χ2n) is 6.00. The SMILES string of the molecule is CNC1CCN(CCC(C)c2ccccc2)C(C)C1. The first-order valence-electron chi connectivity index (χ1n) is 7.67. The van der Waals surface area contributed by atoms with Crippen LogP contribution in [0.3, 0.4) is 0 Å². The van der Waals surface area contributed by atoms with Crippen LogP contribution in [0.25, 0.3) is 0 Å². The number of hydrogen-bond acceptors (Lipinski definition) is 2. The van der Waals surface area contributed by atoms with Crippen LogP contribution in [0.1, 0.15) is 44.6 Å². The van der Waals surface area contributed by atoms with Gasteiger partial charge in [0.05, 0.1) is 0 Å². The molecule has 0 aromatic heterocycles. The third-order valence-corrected chi connectivity index (χ3v) is 4.64. The summed E-state index contributed by atoms with van der Waals surface area (Å²) in [5, 5.41) is 3.42. The Labute approximate surface area is 118 Å². The third kappa shape index (κ3) is 4.05. The van der Waals surface area contributed by atoms with Crippen LogP contribution in [-0.2, 0) is 0 Å². The van der Waals surface area contributed by atoms with Crippen LogP contribution in [0.4, 0.5) is 0 Å². The van der Waals surface area contributed by atoms with Gasteiger partial charge in [-0.05, 0) is 57.8 Å². The molecule has 2 rings (SSSR count). The van der Waals surface area contributed by atoms with E-state index in [1.54, 1.807) is 0 Å². The number of rotatable bonds is 5. The van der Waals surface area contributed by atoms with Gasteiger partial charge >= 0.3 is 0 Å². The quantitative estimate of drug-likeness (QED) is 0.874. The fourth-order valence-corrected chi connectivity index (χ4v) is 3.12. The molecule has 0 radical (unpaired) electrons. The third-order valence-electron chi connectivity index (χ3n) is 4.64. The van der Waals surface area contributed by atoms with E-state index in [4.69, 9.17) is 0 Å². The molecule has 1 aliphatic heterocycles. The standard InChI is InChI=1S/C17H28N2/c1-14(16-7-5-4-6-8-16)9-11-19-12-10-17(18-3)13-15(19)2/h4-8,14-15,17-18H,9-13H2,1-3H3. The predicted octanol–water partition coefficient (Wildman–Crippen LogP) is 3.25. The molecule has 106 valence electrons. The van der Waals surface area contributed by atoms with E-state index in [1.807, 2.05) is 0 Å². The summed E-state index contributed by atoms with van der Waals surface area (Å²) in [5.74, 6) is 0.662. The normalized spacial score (nSPS) is 26.3. The van der Waals surface area contributed by atoms with Gasteiger partial charge in [0.2, 0.25) is 0 Å². The number of benzene rings is 1. The molecule has 2 heteroatoms. The van der Waals surface area contributed by atoms with E-state index >= 15 is 0 Å². The topological polar surface area (TPSA) is 15.3 Å². The second-order valence-corrected chi connectivity index (χ2v) is 6.00. The maximum absolute atomic E-state index is 3.42. The summed E-state index contributed by atoms with van der Waals surface area (Å²) in [7, 11) is 2.09. The van der Waals surface area contributed by atoms with E-state index in [0.29, 0.717) is 12.0 Å². The van der Waals surface area contributed by atoms with E-state index in [2.05, 4.69) is 61.4 Å². The Morgan fingerprint density at radius 3 is 2.68 bits per heavy atom. The van der Waals surface area contributed by atoms with Crippen LogP contribution >= 0.6 is 0 Å². The Kier molecular flexibility index (Phi) is 5.41. The van der Waals surface area contributed by atoms with Gasteiger partial charge in [0.25, 0.3) is 0 Å². The first kappa shape index (κ1) is 14.5. The van der Waals surface area contributed by atoms with Crippen molar-refractivity contribution in [3.8, 4) is 0 Å². The summed E-state index contributed by atoms with van der Waals surface area (Å²) in [6.07, 6.45) is 3.84. The van der Waals surface area contributed by atoms with Crippen LogP contribution in [0.15, 0.2) is 30.3 Å². The molecule has 3 unspecified atom stereocenters. The molecule has 0 amide bonds. The fraction of sp³-hybridized carbons (Fsp3) is 0.647. The predicted molar refractivity (Wildman–Crippen MR) is 82.6 cm³/mol. The second kappa shape index (κ2) is 7.06. The number of piperidine rings is 1. The largest absolute Gasteiger partial charge is 0.317 e. The highest BCUT2D eigenvalue weighted by Gasteiger charge is 2.24. The number of nitrogens with one attached hydrogen (secondary N) is 1. The first-order chi connectivity index (χ1) is 9.20. The van der Waals surface area contributed by atoms with E-state index in [0.717, 1.165) is 6.04 Å². The van der Waals surface area contributed by atoms with Gasteiger partial charge in [-0.25, -0.2) is 0 Å². The van der Waals surface area contributed by atoms with E-state index in [1.165, 1.54) is 37.9 Å². The minimum absolute atomic E-state index is 0.662. The van der Waals surface area contributed by atoms with Gasteiger partial charge in [-0.1, -0.05) is 37.3 Å². The van der Waals surface area contributed by atoms with Crippen LogP contribution in [-0.4, -0.2) is 37.1 Å². The van der Waals surface area contributed by atoms with Gasteiger partial charge in [-0.3, -0.25) is 0 Å². The maximum Gasteiger partial charge on any atom is 0.00910 e. The molecule has 1 N–H and O–H groups in total. The van der Waals surface area contributed by atoms with Crippen LogP contribution in [0.2, 0.25) is 0 Å². The molecular formula is C17H28N2. The minimum Gasteiger partial charge on any atom is -0.317 e. The smallest absolute Gasteiger partial charge is 0.00910 e. The fourth-order valence-electron chi connectivity index (χ4n) is 3.12. The highest BCUT2D eigenvalue weighted by Crippen LogP contribution is 2.22. The molecule has 2 nitrogen and oxygen atoms in total. The van der Waals surface area contributed by atoms with Gasteiger partial charge in [0, 0.05) is 12.1 Å². The molecule has 0 bridgehead atoms. The molecule has 19 heavy (non-hydrogen) atoms. The number of hydrogen-bond donors (Lipinski definition) is 1. The van der Waals surface area contributed by atoms with Gasteiger partial charge in [0.15, 0.2) is 0 Å². The lowest BCUT2D eigenvalue weighted by atomic mass is 9.95. The maximum atomic E-state index is 3.42. The van der Waals surface area contributed by atoms with E-state index in [-0.39, 0.29) is 0 Å². The lowest BCUT2D eigenvalue weighted by Crippen LogP contribution is -2.46. The van der Waals surface area contributed by atoms with Crippen molar-refractivity contribution in [3.05, 3.63) is 35.9 Å². The van der Waals surface area contributed by atoms with Crippen molar-refractivity contribution < 1.29 is 0 Å². The van der Waals surface area contributed by atoms with Crippen molar-refractivity contribution in [2.45, 2.75) is 51.1 Å². The average molecular weight is 260 g/mol. The van der Waals surface area contributed by atoms with Gasteiger partial charge in [0.1, 0.15) is 0 Å². The molecule has 3 atom stereocenters. The lowest BCUT2D eigenvalue weighted by Gasteiger charge is -2.38. The van der Waals surface area contributed by atoms with Gasteiger partial charge in [-0.2, -0.15) is 0 Å². The highest BCUT2D eigenvalue weighted by molar-refractivity contribution is 5.18. The zero-order chi connectivity index (χ0) is 13.7. The zero-order valence-corrected chi connectivity index (χ0v) is 12.6. The first-order valence-corrected chi connectivity index (χ1v) is 7.67. The van der Waals surface area contributed by atoms with Crippen molar-refractivity contribution in [1.29, 1.82) is 0 Å². The minimum atomic E-state index is 0.662.